The molecule has 0 atom stereocenters. The molecule has 0 saturated carbocycles. The van der Waals surface area contributed by atoms with Crippen molar-refractivity contribution in [3.8, 4) is 22.9 Å². The summed E-state index contributed by atoms with van der Waals surface area (Å²) in [5, 5.41) is 15.0. The van der Waals surface area contributed by atoms with E-state index in [1.165, 1.54) is 4.80 Å². The number of ether oxygens (including phenoxy) is 2. The number of amides is 1. The highest BCUT2D eigenvalue weighted by atomic mass is 16.5. The van der Waals surface area contributed by atoms with E-state index in [0.29, 0.717) is 24.0 Å². The van der Waals surface area contributed by atoms with Crippen molar-refractivity contribution in [1.82, 2.24) is 20.2 Å². The van der Waals surface area contributed by atoms with Crippen LogP contribution >= 0.6 is 0 Å². The van der Waals surface area contributed by atoms with Crippen LogP contribution < -0.4 is 14.8 Å². The maximum Gasteiger partial charge on any atom is 0.248 e. The second kappa shape index (κ2) is 8.98. The monoisotopic (exact) mass is 381 g/mol. The molecule has 28 heavy (non-hydrogen) atoms. The number of benzene rings is 2. The smallest absolute Gasteiger partial charge is 0.248 e. The average Bonchev–Trinajstić information content (AvgIpc) is 3.15. The number of hydrogen-bond acceptors (Lipinski definition) is 6. The number of nitrogens with zero attached hydrogens (tertiary/aromatic N) is 4. The third-order valence-corrected chi connectivity index (χ3v) is 3.81. The molecule has 1 heterocycles. The summed E-state index contributed by atoms with van der Waals surface area (Å²) in [4.78, 5) is 13.4. The van der Waals surface area contributed by atoms with E-state index >= 15 is 0 Å². The highest BCUT2D eigenvalue weighted by Gasteiger charge is 2.10. The van der Waals surface area contributed by atoms with Crippen LogP contribution in [0.15, 0.2) is 48.5 Å². The summed E-state index contributed by atoms with van der Waals surface area (Å²) in [5.41, 5.74) is 1.47. The zero-order chi connectivity index (χ0) is 19.9. The van der Waals surface area contributed by atoms with E-state index in [1.807, 2.05) is 24.3 Å². The molecule has 2 aromatic carbocycles. The molecule has 0 aliphatic carbocycles. The molecular formula is C20H23N5O3. The van der Waals surface area contributed by atoms with E-state index in [4.69, 9.17) is 9.47 Å². The Hall–Kier alpha value is -3.42. The predicted octanol–water partition coefficient (Wildman–Crippen LogP) is 3.02. The quantitative estimate of drug-likeness (QED) is 0.645. The molecule has 8 heteroatoms. The van der Waals surface area contributed by atoms with Crippen LogP contribution in [-0.4, -0.2) is 39.8 Å². The molecule has 0 fully saturated rings. The van der Waals surface area contributed by atoms with Crippen LogP contribution in [0.4, 0.5) is 5.69 Å². The number of tetrazole rings is 1. The highest BCUT2D eigenvalue weighted by Crippen LogP contribution is 2.19. The van der Waals surface area contributed by atoms with Crippen molar-refractivity contribution < 1.29 is 14.3 Å². The zero-order valence-corrected chi connectivity index (χ0v) is 16.1. The Balaban J connectivity index is 1.57. The molecule has 1 amide bonds. The maximum atomic E-state index is 12.2. The van der Waals surface area contributed by atoms with Crippen LogP contribution in [0.1, 0.15) is 13.8 Å². The Labute approximate surface area is 163 Å². The van der Waals surface area contributed by atoms with E-state index in [1.54, 1.807) is 31.4 Å². The predicted molar refractivity (Wildman–Crippen MR) is 105 cm³/mol. The maximum absolute atomic E-state index is 12.2. The van der Waals surface area contributed by atoms with Gasteiger partial charge in [-0.15, -0.1) is 10.2 Å². The Kier molecular flexibility index (Phi) is 6.21. The molecule has 3 rings (SSSR count). The molecule has 1 aromatic heterocycles. The summed E-state index contributed by atoms with van der Waals surface area (Å²) in [5.74, 6) is 2.19. The molecule has 0 saturated heterocycles. The van der Waals surface area contributed by atoms with Crippen molar-refractivity contribution in [2.24, 2.45) is 5.92 Å². The van der Waals surface area contributed by atoms with Crippen molar-refractivity contribution in [3.05, 3.63) is 48.5 Å². The molecule has 0 aliphatic rings. The normalized spacial score (nSPS) is 10.7. The highest BCUT2D eigenvalue weighted by molar-refractivity contribution is 5.90. The van der Waals surface area contributed by atoms with E-state index < -0.39 is 0 Å². The van der Waals surface area contributed by atoms with Gasteiger partial charge in [-0.1, -0.05) is 13.8 Å². The zero-order valence-electron chi connectivity index (χ0n) is 16.1. The molecule has 0 bridgehead atoms. The summed E-state index contributed by atoms with van der Waals surface area (Å²) in [6.07, 6.45) is 0. The summed E-state index contributed by atoms with van der Waals surface area (Å²) in [6.45, 7) is 4.83. The van der Waals surface area contributed by atoms with Crippen LogP contribution in [0.2, 0.25) is 0 Å². The van der Waals surface area contributed by atoms with Crippen LogP contribution in [0, 0.1) is 5.92 Å². The first-order chi connectivity index (χ1) is 13.5. The number of nitrogens with one attached hydrogen (secondary N) is 1. The second-order valence-electron chi connectivity index (χ2n) is 6.65. The van der Waals surface area contributed by atoms with Crippen molar-refractivity contribution in [2.45, 2.75) is 20.4 Å². The SMILES string of the molecule is COc1ccc(NC(=O)Cn2nnc(-c3ccc(OCC(C)C)cc3)n2)cc1. The topological polar surface area (TPSA) is 91.2 Å². The molecule has 0 aliphatic heterocycles. The fraction of sp³-hybridized carbons (Fsp3) is 0.300. The van der Waals surface area contributed by atoms with Crippen LogP contribution in [0.3, 0.4) is 0 Å². The van der Waals surface area contributed by atoms with Gasteiger partial charge < -0.3 is 14.8 Å². The molecular weight excluding hydrogens is 358 g/mol. The number of hydrogen-bond donors (Lipinski definition) is 1. The molecule has 0 radical (unpaired) electrons. The largest absolute Gasteiger partial charge is 0.497 e. The average molecular weight is 381 g/mol. The number of carbonyl (C=O) groups is 1. The third-order valence-electron chi connectivity index (χ3n) is 3.81. The number of methoxy groups -OCH3 is 1. The van der Waals surface area contributed by atoms with Gasteiger partial charge in [0, 0.05) is 11.3 Å². The first-order valence-corrected chi connectivity index (χ1v) is 8.98. The van der Waals surface area contributed by atoms with Gasteiger partial charge in [-0.05, 0) is 59.7 Å². The summed E-state index contributed by atoms with van der Waals surface area (Å²) < 4.78 is 10.8. The van der Waals surface area contributed by atoms with Gasteiger partial charge in [-0.2, -0.15) is 4.80 Å². The minimum absolute atomic E-state index is 0.0331. The van der Waals surface area contributed by atoms with Gasteiger partial charge in [0.1, 0.15) is 18.0 Å². The first-order valence-electron chi connectivity index (χ1n) is 8.98. The lowest BCUT2D eigenvalue weighted by molar-refractivity contribution is -0.117. The van der Waals surface area contributed by atoms with Gasteiger partial charge in [0.2, 0.25) is 11.7 Å². The lowest BCUT2D eigenvalue weighted by Gasteiger charge is -2.08. The van der Waals surface area contributed by atoms with E-state index in [2.05, 4.69) is 34.6 Å². The molecule has 0 unspecified atom stereocenters. The van der Waals surface area contributed by atoms with Crippen molar-refractivity contribution in [3.63, 3.8) is 0 Å². The first kappa shape index (κ1) is 19.3. The van der Waals surface area contributed by atoms with Crippen LogP contribution in [-0.2, 0) is 11.3 Å². The standard InChI is InChI=1S/C20H23N5O3/c1-14(2)13-28-18-8-4-15(5-9-18)20-22-24-25(23-20)12-19(26)21-16-6-10-17(27-3)11-7-16/h4-11,14H,12-13H2,1-3H3,(H,21,26). The van der Waals surface area contributed by atoms with E-state index in [9.17, 15) is 4.79 Å². The van der Waals surface area contributed by atoms with Crippen LogP contribution in [0.25, 0.3) is 11.4 Å². The Morgan fingerprint density at radius 1 is 1.07 bits per heavy atom. The number of anilines is 1. The fourth-order valence-electron chi connectivity index (χ4n) is 2.39. The molecule has 0 spiro atoms. The lowest BCUT2D eigenvalue weighted by Crippen LogP contribution is -2.20. The number of carbonyl (C=O) groups excluding carboxylic acids is 1. The molecule has 3 aromatic rings. The molecule has 146 valence electrons. The van der Waals surface area contributed by atoms with Crippen molar-refractivity contribution in [1.29, 1.82) is 0 Å². The van der Waals surface area contributed by atoms with Gasteiger partial charge in [-0.3, -0.25) is 4.79 Å². The Bertz CT molecular complexity index is 904. The van der Waals surface area contributed by atoms with Gasteiger partial charge in [0.05, 0.1) is 13.7 Å². The molecule has 8 nitrogen and oxygen atoms in total. The lowest BCUT2D eigenvalue weighted by atomic mass is 10.2. The van der Waals surface area contributed by atoms with E-state index in [-0.39, 0.29) is 12.5 Å². The Morgan fingerprint density at radius 2 is 1.75 bits per heavy atom. The molecule has 1 N–H and O–H groups in total. The van der Waals surface area contributed by atoms with Crippen molar-refractivity contribution >= 4 is 11.6 Å². The number of aromatic nitrogens is 4. The second-order valence-corrected chi connectivity index (χ2v) is 6.65. The Morgan fingerprint density at radius 3 is 2.39 bits per heavy atom. The van der Waals surface area contributed by atoms with Gasteiger partial charge in [0.15, 0.2) is 0 Å². The minimum Gasteiger partial charge on any atom is -0.497 e. The summed E-state index contributed by atoms with van der Waals surface area (Å²) in [7, 11) is 1.59. The van der Waals surface area contributed by atoms with E-state index in [0.717, 1.165) is 17.1 Å². The fourth-order valence-corrected chi connectivity index (χ4v) is 2.39. The number of rotatable bonds is 8. The van der Waals surface area contributed by atoms with Gasteiger partial charge in [0.25, 0.3) is 0 Å². The minimum atomic E-state index is -0.244. The van der Waals surface area contributed by atoms with Gasteiger partial charge >= 0.3 is 0 Å². The van der Waals surface area contributed by atoms with Crippen LogP contribution in [0.5, 0.6) is 11.5 Å². The van der Waals surface area contributed by atoms with Gasteiger partial charge in [-0.25, -0.2) is 0 Å². The van der Waals surface area contributed by atoms with Crippen molar-refractivity contribution in [2.75, 3.05) is 19.0 Å². The third kappa shape index (κ3) is 5.29. The summed E-state index contributed by atoms with van der Waals surface area (Å²) >= 11 is 0. The summed E-state index contributed by atoms with van der Waals surface area (Å²) in [6, 6.07) is 14.6.